The third kappa shape index (κ3) is 3.84. The zero-order valence-electron chi connectivity index (χ0n) is 11.3. The fourth-order valence-corrected chi connectivity index (χ4v) is 2.02. The molecule has 0 aromatic rings. The molecular formula is C13H22N2O3. The molecule has 1 saturated heterocycles. The number of hydrogen-bond acceptors (Lipinski definition) is 3. The van der Waals surface area contributed by atoms with Gasteiger partial charge in [-0.1, -0.05) is 6.92 Å². The molecule has 1 amide bonds. The predicted molar refractivity (Wildman–Crippen MR) is 69.3 cm³/mol. The number of rotatable bonds is 4. The minimum Gasteiger partial charge on any atom is -0.478 e. The Bertz CT molecular complexity index is 355. The summed E-state index contributed by atoms with van der Waals surface area (Å²) in [5.74, 6) is -1.30. The molecule has 0 aromatic heterocycles. The van der Waals surface area contributed by atoms with E-state index in [-0.39, 0.29) is 17.5 Å². The molecule has 0 atom stereocenters. The van der Waals surface area contributed by atoms with Gasteiger partial charge in [0.1, 0.15) is 0 Å². The Balaban J connectivity index is 2.51. The smallest absolute Gasteiger partial charge is 0.331 e. The van der Waals surface area contributed by atoms with Gasteiger partial charge in [-0.15, -0.1) is 0 Å². The van der Waals surface area contributed by atoms with Crippen LogP contribution in [-0.2, 0) is 9.59 Å². The topological polar surface area (TPSA) is 69.6 Å². The van der Waals surface area contributed by atoms with Crippen LogP contribution in [0, 0.1) is 0 Å². The number of aliphatic carboxylic acids is 1. The van der Waals surface area contributed by atoms with Crippen molar-refractivity contribution in [1.29, 1.82) is 0 Å². The van der Waals surface area contributed by atoms with Crippen molar-refractivity contribution in [1.82, 2.24) is 10.2 Å². The lowest BCUT2D eigenvalue weighted by molar-refractivity contribution is -0.133. The van der Waals surface area contributed by atoms with Gasteiger partial charge in [-0.2, -0.15) is 0 Å². The van der Waals surface area contributed by atoms with Gasteiger partial charge in [-0.25, -0.2) is 4.79 Å². The molecule has 1 fully saturated rings. The normalized spacial score (nSPS) is 19.3. The highest BCUT2D eigenvalue weighted by Crippen LogP contribution is 2.11. The zero-order chi connectivity index (χ0) is 13.7. The van der Waals surface area contributed by atoms with Gasteiger partial charge < -0.3 is 15.3 Å². The highest BCUT2D eigenvalue weighted by atomic mass is 16.4. The zero-order valence-corrected chi connectivity index (χ0v) is 11.3. The van der Waals surface area contributed by atoms with Crippen molar-refractivity contribution in [2.75, 3.05) is 19.6 Å². The van der Waals surface area contributed by atoms with Crippen LogP contribution in [0.25, 0.3) is 0 Å². The van der Waals surface area contributed by atoms with Gasteiger partial charge in [0.2, 0.25) is 5.91 Å². The second-order valence-electron chi connectivity index (χ2n) is 4.74. The highest BCUT2D eigenvalue weighted by molar-refractivity contribution is 6.01. The maximum atomic E-state index is 11.9. The van der Waals surface area contributed by atoms with Crippen molar-refractivity contribution < 1.29 is 14.7 Å². The average molecular weight is 254 g/mol. The summed E-state index contributed by atoms with van der Waals surface area (Å²) in [4.78, 5) is 25.0. The Labute approximate surface area is 108 Å². The van der Waals surface area contributed by atoms with Crippen LogP contribution in [0.1, 0.15) is 33.6 Å². The number of carbonyl (C=O) groups excluding carboxylic acids is 1. The summed E-state index contributed by atoms with van der Waals surface area (Å²) in [7, 11) is 0. The largest absolute Gasteiger partial charge is 0.478 e. The van der Waals surface area contributed by atoms with Gasteiger partial charge in [0.15, 0.2) is 0 Å². The lowest BCUT2D eigenvalue weighted by atomic mass is 10.0. The second kappa shape index (κ2) is 6.54. The third-order valence-corrected chi connectivity index (χ3v) is 3.59. The van der Waals surface area contributed by atoms with Gasteiger partial charge in [-0.3, -0.25) is 4.79 Å². The lowest BCUT2D eigenvalue weighted by Crippen LogP contribution is -2.44. The van der Waals surface area contributed by atoms with Gasteiger partial charge in [0, 0.05) is 30.3 Å². The number of nitrogens with zero attached hydrogens (tertiary/aromatic N) is 1. The summed E-state index contributed by atoms with van der Waals surface area (Å²) in [5.41, 5.74) is 0.402. The molecule has 1 rings (SSSR count). The number of amides is 1. The van der Waals surface area contributed by atoms with E-state index in [1.807, 2.05) is 0 Å². The van der Waals surface area contributed by atoms with Crippen LogP contribution in [0.5, 0.6) is 0 Å². The minimum absolute atomic E-state index is 0.110. The minimum atomic E-state index is -1.04. The van der Waals surface area contributed by atoms with Crippen molar-refractivity contribution in [3.05, 3.63) is 11.1 Å². The SMILES string of the molecule is CCN1CCC(NC(=O)/C(C)=C(/C)C(=O)O)CC1. The van der Waals surface area contributed by atoms with Crippen LogP contribution in [0.15, 0.2) is 11.1 Å². The van der Waals surface area contributed by atoms with E-state index in [9.17, 15) is 9.59 Å². The molecule has 0 unspecified atom stereocenters. The van der Waals surface area contributed by atoms with Crippen LogP contribution < -0.4 is 5.32 Å². The van der Waals surface area contributed by atoms with Crippen LogP contribution in [0.4, 0.5) is 0 Å². The first-order valence-corrected chi connectivity index (χ1v) is 6.39. The fourth-order valence-electron chi connectivity index (χ4n) is 2.02. The lowest BCUT2D eigenvalue weighted by Gasteiger charge is -2.31. The van der Waals surface area contributed by atoms with Crippen molar-refractivity contribution in [2.45, 2.75) is 39.7 Å². The van der Waals surface area contributed by atoms with E-state index in [1.54, 1.807) is 6.92 Å². The third-order valence-electron chi connectivity index (χ3n) is 3.59. The number of piperidine rings is 1. The van der Waals surface area contributed by atoms with Crippen LogP contribution in [-0.4, -0.2) is 47.6 Å². The first-order valence-electron chi connectivity index (χ1n) is 6.39. The van der Waals surface area contributed by atoms with Crippen LogP contribution in [0.2, 0.25) is 0 Å². The molecule has 1 heterocycles. The summed E-state index contributed by atoms with van der Waals surface area (Å²) in [5, 5.41) is 11.7. The molecule has 0 spiro atoms. The average Bonchev–Trinajstić information content (AvgIpc) is 2.37. The van der Waals surface area contributed by atoms with E-state index >= 15 is 0 Å². The van der Waals surface area contributed by atoms with Crippen molar-refractivity contribution >= 4 is 11.9 Å². The molecular weight excluding hydrogens is 232 g/mol. The first-order chi connectivity index (χ1) is 8.45. The molecule has 5 heteroatoms. The monoisotopic (exact) mass is 254 g/mol. The highest BCUT2D eigenvalue weighted by Gasteiger charge is 2.21. The summed E-state index contributed by atoms with van der Waals surface area (Å²) < 4.78 is 0. The van der Waals surface area contributed by atoms with Gasteiger partial charge >= 0.3 is 5.97 Å². The number of carboxylic acids is 1. The summed E-state index contributed by atoms with van der Waals surface area (Å²) in [6.45, 7) is 8.15. The predicted octanol–water partition coefficient (Wildman–Crippen LogP) is 1.01. The molecule has 0 aliphatic carbocycles. The second-order valence-corrected chi connectivity index (χ2v) is 4.74. The quantitative estimate of drug-likeness (QED) is 0.735. The number of hydrogen-bond donors (Lipinski definition) is 2. The van der Waals surface area contributed by atoms with Crippen molar-refractivity contribution in [2.24, 2.45) is 0 Å². The number of carboxylic acid groups (broad SMARTS) is 1. The molecule has 0 radical (unpaired) electrons. The fraction of sp³-hybridized carbons (Fsp3) is 0.692. The number of likely N-dealkylation sites (tertiary alicyclic amines) is 1. The summed E-state index contributed by atoms with van der Waals surface area (Å²) >= 11 is 0. The summed E-state index contributed by atoms with van der Waals surface area (Å²) in [6, 6.07) is 0.164. The molecule has 0 aromatic carbocycles. The molecule has 0 bridgehead atoms. The molecule has 1 aliphatic heterocycles. The van der Waals surface area contributed by atoms with E-state index < -0.39 is 5.97 Å². The van der Waals surface area contributed by atoms with Gasteiger partial charge in [0.25, 0.3) is 0 Å². The van der Waals surface area contributed by atoms with E-state index in [0.29, 0.717) is 5.57 Å². The first kappa shape index (κ1) is 14.7. The Morgan fingerprint density at radius 3 is 2.22 bits per heavy atom. The van der Waals surface area contributed by atoms with E-state index in [1.165, 1.54) is 6.92 Å². The Morgan fingerprint density at radius 1 is 1.22 bits per heavy atom. The molecule has 1 aliphatic rings. The van der Waals surface area contributed by atoms with Crippen LogP contribution >= 0.6 is 0 Å². The molecule has 102 valence electrons. The summed E-state index contributed by atoms with van der Waals surface area (Å²) in [6.07, 6.45) is 1.86. The van der Waals surface area contributed by atoms with Gasteiger partial charge in [0.05, 0.1) is 0 Å². The van der Waals surface area contributed by atoms with Crippen molar-refractivity contribution in [3.8, 4) is 0 Å². The van der Waals surface area contributed by atoms with Crippen LogP contribution in [0.3, 0.4) is 0 Å². The van der Waals surface area contributed by atoms with E-state index in [4.69, 9.17) is 5.11 Å². The molecule has 2 N–H and O–H groups in total. The molecule has 5 nitrogen and oxygen atoms in total. The number of nitrogens with one attached hydrogen (secondary N) is 1. The maximum absolute atomic E-state index is 11.9. The maximum Gasteiger partial charge on any atom is 0.331 e. The Kier molecular flexibility index (Phi) is 5.34. The Morgan fingerprint density at radius 2 is 1.78 bits per heavy atom. The van der Waals surface area contributed by atoms with E-state index in [0.717, 1.165) is 32.5 Å². The van der Waals surface area contributed by atoms with Crippen molar-refractivity contribution in [3.63, 3.8) is 0 Å². The standard InChI is InChI=1S/C13H22N2O3/c1-4-15-7-5-11(6-8-15)14-12(16)9(2)10(3)13(17)18/h11H,4-8H2,1-3H3,(H,14,16)(H,17,18)/b10-9-. The van der Waals surface area contributed by atoms with Gasteiger partial charge in [-0.05, 0) is 33.2 Å². The molecule has 0 saturated carbocycles. The Hall–Kier alpha value is -1.36. The molecule has 18 heavy (non-hydrogen) atoms. The number of carbonyl (C=O) groups is 2. The van der Waals surface area contributed by atoms with E-state index in [2.05, 4.69) is 17.1 Å².